The summed E-state index contributed by atoms with van der Waals surface area (Å²) < 4.78 is 56.2. The molecule has 2 atom stereocenters. The van der Waals surface area contributed by atoms with Gasteiger partial charge in [-0.05, 0) is 48.8 Å². The number of halogens is 2. The molecule has 196 valence electrons. The Morgan fingerprint density at radius 1 is 1.16 bits per heavy atom. The number of methoxy groups -OCH3 is 2. The van der Waals surface area contributed by atoms with Gasteiger partial charge in [-0.25, -0.2) is 27.8 Å². The lowest BCUT2D eigenvalue weighted by Crippen LogP contribution is -2.39. The van der Waals surface area contributed by atoms with E-state index >= 15 is 4.39 Å². The van der Waals surface area contributed by atoms with E-state index < -0.39 is 26.5 Å². The van der Waals surface area contributed by atoms with E-state index in [1.807, 2.05) is 12.3 Å². The molecule has 10 nitrogen and oxygen atoms in total. The lowest BCUT2D eigenvalue weighted by atomic mass is 10.0. The molecule has 14 heteroatoms. The fourth-order valence-corrected chi connectivity index (χ4v) is 6.23. The molecule has 0 unspecified atom stereocenters. The average molecular weight is 612 g/mol. The van der Waals surface area contributed by atoms with Crippen molar-refractivity contribution in [2.75, 3.05) is 14.2 Å². The summed E-state index contributed by atoms with van der Waals surface area (Å²) in [5, 5.41) is 9.32. The number of aromatic nitrogens is 6. The summed E-state index contributed by atoms with van der Waals surface area (Å²) in [4.78, 5) is 12.4. The van der Waals surface area contributed by atoms with Crippen LogP contribution >= 0.6 is 27.3 Å². The van der Waals surface area contributed by atoms with Crippen molar-refractivity contribution < 1.29 is 22.3 Å². The molecule has 0 aliphatic heterocycles. The normalized spacial score (nSPS) is 14.2. The number of ether oxygens (including phenoxy) is 2. The van der Waals surface area contributed by atoms with Crippen molar-refractivity contribution in [1.82, 2.24) is 29.7 Å². The van der Waals surface area contributed by atoms with Gasteiger partial charge in [-0.2, -0.15) is 0 Å². The summed E-state index contributed by atoms with van der Waals surface area (Å²) in [7, 11) is -1.18. The number of sulfone groups is 1. The third kappa shape index (κ3) is 5.22. The molecule has 3 aromatic heterocycles. The molecular formula is C23H24BrFN6O4S2. The number of thiazole rings is 1. The van der Waals surface area contributed by atoms with Crippen LogP contribution in [0.25, 0.3) is 16.5 Å². The Morgan fingerprint density at radius 2 is 1.78 bits per heavy atom. The SMILES string of the molecule is COc1cccc(OC)c1-n1c(CS(=O)(=O)[C@@H](C)[C@@](C)(F)c2ncc(Br)cn2)nnc1-c1nc(C)cs1. The van der Waals surface area contributed by atoms with Gasteiger partial charge in [0.25, 0.3) is 0 Å². The number of aryl methyl sites for hydroxylation is 1. The molecule has 0 amide bonds. The van der Waals surface area contributed by atoms with E-state index in [4.69, 9.17) is 9.47 Å². The van der Waals surface area contributed by atoms with E-state index in [0.717, 1.165) is 12.6 Å². The van der Waals surface area contributed by atoms with Crippen molar-refractivity contribution in [3.63, 3.8) is 0 Å². The highest BCUT2D eigenvalue weighted by atomic mass is 79.9. The van der Waals surface area contributed by atoms with Crippen LogP contribution in [0.15, 0.2) is 40.4 Å². The summed E-state index contributed by atoms with van der Waals surface area (Å²) in [6.07, 6.45) is 2.73. The van der Waals surface area contributed by atoms with Gasteiger partial charge in [-0.15, -0.1) is 21.5 Å². The molecule has 0 fully saturated rings. The molecule has 0 spiro atoms. The van der Waals surface area contributed by atoms with Crippen LogP contribution in [0.2, 0.25) is 0 Å². The standard InChI is InChI=1S/C23H24BrFN6O4S2/c1-13-11-36-21(28-13)20-30-29-18(31(20)19-16(34-4)7-6-8-17(19)35-5)12-37(32,33)14(2)23(3,25)22-26-9-15(24)10-27-22/h6-11,14H,12H2,1-5H3/t14-,23+/m0/s1. The minimum Gasteiger partial charge on any atom is -0.494 e. The van der Waals surface area contributed by atoms with Crippen molar-refractivity contribution in [3.8, 4) is 28.0 Å². The predicted molar refractivity (Wildman–Crippen MR) is 141 cm³/mol. The van der Waals surface area contributed by atoms with Crippen LogP contribution in [0, 0.1) is 6.92 Å². The number of hydrogen-bond donors (Lipinski definition) is 0. The molecule has 0 radical (unpaired) electrons. The van der Waals surface area contributed by atoms with Gasteiger partial charge in [0.1, 0.15) is 28.2 Å². The summed E-state index contributed by atoms with van der Waals surface area (Å²) in [5.74, 6) is 0.294. The number of nitrogens with zero attached hydrogens (tertiary/aromatic N) is 6. The minimum absolute atomic E-state index is 0.0463. The summed E-state index contributed by atoms with van der Waals surface area (Å²) >= 11 is 4.53. The Morgan fingerprint density at radius 3 is 2.32 bits per heavy atom. The first kappa shape index (κ1) is 27.1. The van der Waals surface area contributed by atoms with E-state index in [9.17, 15) is 8.42 Å². The summed E-state index contributed by atoms with van der Waals surface area (Å²) in [5.41, 5.74) is -1.20. The maximum Gasteiger partial charge on any atom is 0.197 e. The number of benzene rings is 1. The second-order valence-electron chi connectivity index (χ2n) is 8.33. The molecule has 0 aliphatic rings. The fourth-order valence-electron chi connectivity index (χ4n) is 3.68. The van der Waals surface area contributed by atoms with Gasteiger partial charge in [0.2, 0.25) is 0 Å². The lowest BCUT2D eigenvalue weighted by molar-refractivity contribution is 0.174. The van der Waals surface area contributed by atoms with Gasteiger partial charge >= 0.3 is 0 Å². The largest absolute Gasteiger partial charge is 0.494 e. The maximum atomic E-state index is 15.9. The molecule has 0 bridgehead atoms. The molecule has 37 heavy (non-hydrogen) atoms. The van der Waals surface area contributed by atoms with Gasteiger partial charge in [-0.1, -0.05) is 6.07 Å². The molecule has 0 saturated heterocycles. The number of alkyl halides is 1. The zero-order valence-corrected chi connectivity index (χ0v) is 23.9. The monoisotopic (exact) mass is 610 g/mol. The Kier molecular flexibility index (Phi) is 7.62. The van der Waals surface area contributed by atoms with E-state index in [2.05, 4.69) is 41.1 Å². The van der Waals surface area contributed by atoms with Crippen LogP contribution in [0.4, 0.5) is 4.39 Å². The molecular weight excluding hydrogens is 587 g/mol. The van der Waals surface area contributed by atoms with E-state index in [0.29, 0.717) is 32.5 Å². The third-order valence-corrected chi connectivity index (χ3v) is 9.40. The van der Waals surface area contributed by atoms with Gasteiger partial charge in [0.15, 0.2) is 38.0 Å². The van der Waals surface area contributed by atoms with E-state index in [-0.39, 0.29) is 11.6 Å². The fraction of sp³-hybridized carbons (Fsp3) is 0.348. The quantitative estimate of drug-likeness (QED) is 0.270. The van der Waals surface area contributed by atoms with Crippen LogP contribution in [-0.2, 0) is 21.3 Å². The van der Waals surface area contributed by atoms with Crippen LogP contribution in [0.1, 0.15) is 31.2 Å². The lowest BCUT2D eigenvalue weighted by Gasteiger charge is -2.26. The van der Waals surface area contributed by atoms with Crippen LogP contribution in [-0.4, -0.2) is 57.6 Å². The minimum atomic E-state index is -4.15. The highest BCUT2D eigenvalue weighted by molar-refractivity contribution is 9.10. The summed E-state index contributed by atoms with van der Waals surface area (Å²) in [6.45, 7) is 4.27. The van der Waals surface area contributed by atoms with Gasteiger partial charge in [-0.3, -0.25) is 4.57 Å². The first-order valence-corrected chi connectivity index (χ1v) is 14.3. The Balaban J connectivity index is 1.84. The topological polar surface area (TPSA) is 122 Å². The van der Waals surface area contributed by atoms with Crippen molar-refractivity contribution in [1.29, 1.82) is 0 Å². The first-order valence-electron chi connectivity index (χ1n) is 11.0. The molecule has 1 aromatic carbocycles. The number of rotatable bonds is 9. The molecule has 0 N–H and O–H groups in total. The zero-order chi connectivity index (χ0) is 27.0. The molecule has 4 aromatic rings. The Bertz CT molecular complexity index is 1500. The first-order chi connectivity index (χ1) is 17.5. The zero-order valence-electron chi connectivity index (χ0n) is 20.6. The Hall–Kier alpha value is -2.97. The van der Waals surface area contributed by atoms with Crippen LogP contribution < -0.4 is 9.47 Å². The average Bonchev–Trinajstić information content (AvgIpc) is 3.48. The maximum absolute atomic E-state index is 15.9. The predicted octanol–water partition coefficient (Wildman–Crippen LogP) is 4.46. The number of para-hydroxylation sites is 1. The van der Waals surface area contributed by atoms with Gasteiger partial charge in [0.05, 0.1) is 18.7 Å². The Labute approximate surface area is 226 Å². The number of hydrogen-bond acceptors (Lipinski definition) is 10. The third-order valence-electron chi connectivity index (χ3n) is 5.86. The summed E-state index contributed by atoms with van der Waals surface area (Å²) in [6, 6.07) is 5.16. The second kappa shape index (κ2) is 10.4. The van der Waals surface area contributed by atoms with Crippen molar-refractivity contribution in [2.45, 2.75) is 37.4 Å². The smallest absolute Gasteiger partial charge is 0.197 e. The molecule has 3 heterocycles. The second-order valence-corrected chi connectivity index (χ2v) is 12.4. The molecule has 0 saturated carbocycles. The molecule has 0 aliphatic carbocycles. The van der Waals surface area contributed by atoms with E-state index in [1.165, 1.54) is 49.4 Å². The van der Waals surface area contributed by atoms with Crippen molar-refractivity contribution >= 4 is 37.1 Å². The molecule has 4 rings (SSSR count). The highest BCUT2D eigenvalue weighted by Crippen LogP contribution is 2.38. The van der Waals surface area contributed by atoms with Crippen molar-refractivity contribution in [3.05, 3.63) is 57.8 Å². The van der Waals surface area contributed by atoms with Gasteiger partial charge in [0, 0.05) is 23.5 Å². The van der Waals surface area contributed by atoms with E-state index in [1.54, 1.807) is 18.2 Å². The highest BCUT2D eigenvalue weighted by Gasteiger charge is 2.44. The van der Waals surface area contributed by atoms with Crippen molar-refractivity contribution in [2.24, 2.45) is 0 Å². The van der Waals surface area contributed by atoms with Gasteiger partial charge < -0.3 is 9.47 Å². The van der Waals surface area contributed by atoms with Crippen LogP contribution in [0.5, 0.6) is 11.5 Å². The van der Waals surface area contributed by atoms with Crippen LogP contribution in [0.3, 0.4) is 0 Å².